The van der Waals surface area contributed by atoms with Crippen LogP contribution in [0.3, 0.4) is 0 Å². The minimum atomic E-state index is -0.819. The first kappa shape index (κ1) is 10.3. The van der Waals surface area contributed by atoms with Gasteiger partial charge in [-0.05, 0) is 0 Å². The van der Waals surface area contributed by atoms with Crippen molar-refractivity contribution in [3.8, 4) is 0 Å². The Morgan fingerprint density at radius 2 is 2.36 bits per heavy atom. The lowest BCUT2D eigenvalue weighted by Crippen LogP contribution is -2.18. The number of nitrogens with one attached hydrogen (secondary N) is 1. The molecule has 0 aliphatic carbocycles. The zero-order chi connectivity index (χ0) is 10.4. The molecular formula is C6H11N5O3. The monoisotopic (exact) mass is 201 g/mol. The first-order valence-corrected chi connectivity index (χ1v) is 3.91. The Bertz CT molecular complexity index is 299. The maximum Gasteiger partial charge on any atom is 0.404 e. The van der Waals surface area contributed by atoms with Gasteiger partial charge >= 0.3 is 12.1 Å². The standard InChI is InChI=1S/C6H11N5O3/c7-3-4-10-11-6(14-4)9-1-2-13-5(8)12/h1-3,7H2,(H2,8,12)(H,9,11). The van der Waals surface area contributed by atoms with Crippen molar-refractivity contribution in [1.82, 2.24) is 10.2 Å². The van der Waals surface area contributed by atoms with Crippen LogP contribution in [-0.4, -0.2) is 29.4 Å². The number of anilines is 1. The molecule has 78 valence electrons. The van der Waals surface area contributed by atoms with E-state index in [0.717, 1.165) is 0 Å². The molecule has 5 N–H and O–H groups in total. The number of primary amides is 1. The van der Waals surface area contributed by atoms with E-state index in [0.29, 0.717) is 12.4 Å². The van der Waals surface area contributed by atoms with E-state index in [2.05, 4.69) is 20.3 Å². The number of ether oxygens (including phenoxy) is 1. The van der Waals surface area contributed by atoms with E-state index < -0.39 is 6.09 Å². The van der Waals surface area contributed by atoms with Crippen molar-refractivity contribution in [2.24, 2.45) is 11.5 Å². The quantitative estimate of drug-likeness (QED) is 0.523. The molecule has 0 saturated carbocycles. The average molecular weight is 201 g/mol. The summed E-state index contributed by atoms with van der Waals surface area (Å²) in [7, 11) is 0. The van der Waals surface area contributed by atoms with E-state index in [1.807, 2.05) is 0 Å². The van der Waals surface area contributed by atoms with Gasteiger partial charge in [0, 0.05) is 0 Å². The van der Waals surface area contributed by atoms with Crippen LogP contribution in [0.5, 0.6) is 0 Å². The van der Waals surface area contributed by atoms with Gasteiger partial charge in [0.15, 0.2) is 0 Å². The fourth-order valence-electron chi connectivity index (χ4n) is 0.717. The molecule has 1 heterocycles. The summed E-state index contributed by atoms with van der Waals surface area (Å²) in [4.78, 5) is 10.2. The van der Waals surface area contributed by atoms with E-state index in [1.165, 1.54) is 0 Å². The largest absolute Gasteiger partial charge is 0.448 e. The lowest BCUT2D eigenvalue weighted by molar-refractivity contribution is 0.161. The number of hydrogen-bond acceptors (Lipinski definition) is 7. The summed E-state index contributed by atoms with van der Waals surface area (Å²) in [6.45, 7) is 0.664. The van der Waals surface area contributed by atoms with Crippen LogP contribution in [0.15, 0.2) is 4.42 Å². The highest BCUT2D eigenvalue weighted by Gasteiger charge is 2.02. The van der Waals surface area contributed by atoms with Gasteiger partial charge in [-0.2, -0.15) is 0 Å². The van der Waals surface area contributed by atoms with Crippen molar-refractivity contribution in [1.29, 1.82) is 0 Å². The molecule has 0 fully saturated rings. The van der Waals surface area contributed by atoms with Crippen LogP contribution < -0.4 is 16.8 Å². The van der Waals surface area contributed by atoms with Crippen LogP contribution in [0.1, 0.15) is 5.89 Å². The molecule has 0 aliphatic rings. The minimum Gasteiger partial charge on any atom is -0.448 e. The number of aromatic nitrogens is 2. The Morgan fingerprint density at radius 1 is 1.57 bits per heavy atom. The lowest BCUT2D eigenvalue weighted by atomic mass is 10.7. The van der Waals surface area contributed by atoms with Gasteiger partial charge in [-0.1, -0.05) is 5.10 Å². The molecule has 1 rings (SSSR count). The average Bonchev–Trinajstić information content (AvgIpc) is 2.60. The molecule has 1 aromatic heterocycles. The van der Waals surface area contributed by atoms with Gasteiger partial charge in [0.25, 0.3) is 0 Å². The zero-order valence-corrected chi connectivity index (χ0v) is 7.40. The fourth-order valence-corrected chi connectivity index (χ4v) is 0.717. The van der Waals surface area contributed by atoms with E-state index in [-0.39, 0.29) is 19.2 Å². The highest BCUT2D eigenvalue weighted by atomic mass is 16.5. The molecule has 0 spiro atoms. The molecule has 0 saturated heterocycles. The molecule has 0 aromatic carbocycles. The number of carbonyl (C=O) groups excluding carboxylic acids is 1. The van der Waals surface area contributed by atoms with Gasteiger partial charge in [0.05, 0.1) is 13.1 Å². The normalized spacial score (nSPS) is 9.79. The van der Waals surface area contributed by atoms with Crippen molar-refractivity contribution in [2.45, 2.75) is 6.54 Å². The summed E-state index contributed by atoms with van der Waals surface area (Å²) in [5, 5.41) is 9.96. The van der Waals surface area contributed by atoms with E-state index in [4.69, 9.17) is 15.9 Å². The molecule has 1 aromatic rings. The fraction of sp³-hybridized carbons (Fsp3) is 0.500. The van der Waals surface area contributed by atoms with Gasteiger partial charge in [-0.15, -0.1) is 5.10 Å². The second-order valence-electron chi connectivity index (χ2n) is 2.30. The highest BCUT2D eigenvalue weighted by Crippen LogP contribution is 2.03. The first-order chi connectivity index (χ1) is 6.72. The van der Waals surface area contributed by atoms with Gasteiger partial charge in [-0.3, -0.25) is 0 Å². The van der Waals surface area contributed by atoms with E-state index in [1.54, 1.807) is 0 Å². The van der Waals surface area contributed by atoms with Gasteiger partial charge in [0.1, 0.15) is 6.61 Å². The van der Waals surface area contributed by atoms with Crippen LogP contribution in [-0.2, 0) is 11.3 Å². The van der Waals surface area contributed by atoms with Crippen LogP contribution in [0.25, 0.3) is 0 Å². The van der Waals surface area contributed by atoms with E-state index >= 15 is 0 Å². The highest BCUT2D eigenvalue weighted by molar-refractivity contribution is 5.64. The Hall–Kier alpha value is -1.83. The number of nitrogens with two attached hydrogens (primary N) is 2. The molecule has 0 unspecified atom stereocenters. The third-order valence-electron chi connectivity index (χ3n) is 1.26. The predicted octanol–water partition coefficient (Wildman–Crippen LogP) is -0.965. The predicted molar refractivity (Wildman–Crippen MR) is 46.2 cm³/mol. The van der Waals surface area contributed by atoms with Crippen LogP contribution in [0, 0.1) is 0 Å². The van der Waals surface area contributed by atoms with Crippen molar-refractivity contribution >= 4 is 12.1 Å². The number of carbonyl (C=O) groups is 1. The van der Waals surface area contributed by atoms with Crippen molar-refractivity contribution < 1.29 is 13.9 Å². The third kappa shape index (κ3) is 3.27. The molecule has 8 heteroatoms. The van der Waals surface area contributed by atoms with E-state index in [9.17, 15) is 4.79 Å². The summed E-state index contributed by atoms with van der Waals surface area (Å²) in [6, 6.07) is 0.235. The molecular weight excluding hydrogens is 190 g/mol. The Morgan fingerprint density at radius 3 is 2.93 bits per heavy atom. The van der Waals surface area contributed by atoms with Crippen LogP contribution in [0.4, 0.5) is 10.8 Å². The molecule has 0 aliphatic heterocycles. The Labute approximate surface area is 79.6 Å². The number of nitrogens with zero attached hydrogens (tertiary/aromatic N) is 2. The number of amides is 1. The zero-order valence-electron chi connectivity index (χ0n) is 7.40. The molecule has 1 amide bonds. The maximum absolute atomic E-state index is 10.2. The molecule has 0 radical (unpaired) electrons. The third-order valence-corrected chi connectivity index (χ3v) is 1.26. The smallest absolute Gasteiger partial charge is 0.404 e. The maximum atomic E-state index is 10.2. The topological polar surface area (TPSA) is 129 Å². The van der Waals surface area contributed by atoms with Crippen LogP contribution in [0.2, 0.25) is 0 Å². The Kier molecular flexibility index (Phi) is 3.68. The van der Waals surface area contributed by atoms with Crippen LogP contribution >= 0.6 is 0 Å². The summed E-state index contributed by atoms with van der Waals surface area (Å²) in [6.07, 6.45) is -0.819. The SMILES string of the molecule is NCc1nnc(NCCOC(N)=O)o1. The molecule has 14 heavy (non-hydrogen) atoms. The molecule has 8 nitrogen and oxygen atoms in total. The van der Waals surface area contributed by atoms with Gasteiger partial charge < -0.3 is 25.9 Å². The molecule has 0 atom stereocenters. The van der Waals surface area contributed by atoms with Gasteiger partial charge in [0.2, 0.25) is 5.89 Å². The van der Waals surface area contributed by atoms with Crippen molar-refractivity contribution in [3.05, 3.63) is 5.89 Å². The van der Waals surface area contributed by atoms with Crippen molar-refractivity contribution in [2.75, 3.05) is 18.5 Å². The lowest BCUT2D eigenvalue weighted by Gasteiger charge is -2.00. The summed E-state index contributed by atoms with van der Waals surface area (Å²) < 4.78 is 9.47. The second kappa shape index (κ2) is 5.02. The molecule has 0 bridgehead atoms. The summed E-state index contributed by atoms with van der Waals surface area (Å²) in [5.74, 6) is 0.336. The summed E-state index contributed by atoms with van der Waals surface area (Å²) in [5.41, 5.74) is 9.99. The number of hydrogen-bond donors (Lipinski definition) is 3. The number of rotatable bonds is 5. The van der Waals surface area contributed by atoms with Crippen molar-refractivity contribution in [3.63, 3.8) is 0 Å². The Balaban J connectivity index is 2.21. The second-order valence-corrected chi connectivity index (χ2v) is 2.30. The minimum absolute atomic E-state index is 0.135. The first-order valence-electron chi connectivity index (χ1n) is 3.91. The summed E-state index contributed by atoms with van der Waals surface area (Å²) >= 11 is 0. The van der Waals surface area contributed by atoms with Gasteiger partial charge in [-0.25, -0.2) is 4.79 Å².